The average molecular weight is 372 g/mol. The van der Waals surface area contributed by atoms with Crippen LogP contribution in [-0.4, -0.2) is 21.0 Å². The molecule has 0 aliphatic carbocycles. The monoisotopic (exact) mass is 372 g/mol. The molecule has 2 aromatic carbocycles. The molecule has 3 aromatic rings. The highest BCUT2D eigenvalue weighted by atomic mass is 32.2. The molecule has 0 bridgehead atoms. The van der Waals surface area contributed by atoms with Crippen molar-refractivity contribution >= 4 is 34.8 Å². The van der Waals surface area contributed by atoms with Crippen molar-refractivity contribution in [2.24, 2.45) is 0 Å². The molecule has 1 N–H and O–H groups in total. The second kappa shape index (κ2) is 7.45. The second-order valence-corrected chi connectivity index (χ2v) is 6.98. The van der Waals surface area contributed by atoms with E-state index in [0.717, 1.165) is 16.3 Å². The smallest absolute Gasteiger partial charge is 0.336 e. The lowest BCUT2D eigenvalue weighted by atomic mass is 10.1. The number of thioether (sulfide) groups is 1. The van der Waals surface area contributed by atoms with E-state index in [9.17, 15) is 20.0 Å². The van der Waals surface area contributed by atoms with Crippen LogP contribution in [0.15, 0.2) is 58.8 Å². The summed E-state index contributed by atoms with van der Waals surface area (Å²) in [5.74, 6) is -0.393. The van der Waals surface area contributed by atoms with Crippen LogP contribution in [-0.2, 0) is 5.75 Å². The molecule has 0 fully saturated rings. The van der Waals surface area contributed by atoms with Gasteiger partial charge >= 0.3 is 5.97 Å². The van der Waals surface area contributed by atoms with Crippen LogP contribution in [0.2, 0.25) is 0 Å². The lowest BCUT2D eigenvalue weighted by Crippen LogP contribution is -1.98. The number of carbonyl (C=O) groups is 1. The first kappa shape index (κ1) is 17.1. The third kappa shape index (κ3) is 4.04. The Kier molecular flexibility index (Phi) is 5.11. The largest absolute Gasteiger partial charge is 0.478 e. The van der Waals surface area contributed by atoms with Crippen molar-refractivity contribution < 1.29 is 14.8 Å². The molecule has 1 heterocycles. The predicted octanol–water partition coefficient (Wildman–Crippen LogP) is 4.71. The number of benzene rings is 2. The van der Waals surface area contributed by atoms with E-state index in [1.54, 1.807) is 36.4 Å². The van der Waals surface area contributed by atoms with Crippen LogP contribution in [0.4, 0.5) is 5.69 Å². The SMILES string of the molecule is O=C(O)c1ccccc1SCc1nc(-c2ccc([N+](=O)[O-])cc2)cs1. The van der Waals surface area contributed by atoms with Gasteiger partial charge in [0.25, 0.3) is 5.69 Å². The van der Waals surface area contributed by atoms with Crippen molar-refractivity contribution in [1.82, 2.24) is 4.98 Å². The molecule has 25 heavy (non-hydrogen) atoms. The molecule has 0 aliphatic heterocycles. The molecule has 6 nitrogen and oxygen atoms in total. The van der Waals surface area contributed by atoms with Gasteiger partial charge in [0.15, 0.2) is 0 Å². The van der Waals surface area contributed by atoms with Crippen molar-refractivity contribution in [3.8, 4) is 11.3 Å². The molecule has 0 spiro atoms. The van der Waals surface area contributed by atoms with E-state index in [0.29, 0.717) is 10.6 Å². The molecule has 0 aliphatic rings. The van der Waals surface area contributed by atoms with E-state index in [2.05, 4.69) is 4.98 Å². The number of aromatic nitrogens is 1. The summed E-state index contributed by atoms with van der Waals surface area (Å²) < 4.78 is 0. The molecule has 126 valence electrons. The van der Waals surface area contributed by atoms with Gasteiger partial charge in [-0.1, -0.05) is 12.1 Å². The van der Waals surface area contributed by atoms with Gasteiger partial charge < -0.3 is 5.11 Å². The van der Waals surface area contributed by atoms with Gasteiger partial charge in [-0.3, -0.25) is 10.1 Å². The van der Waals surface area contributed by atoms with Crippen LogP contribution in [0.1, 0.15) is 15.4 Å². The number of rotatable bonds is 6. The van der Waals surface area contributed by atoms with E-state index in [-0.39, 0.29) is 11.3 Å². The van der Waals surface area contributed by atoms with Crippen LogP contribution in [0.5, 0.6) is 0 Å². The molecule has 0 atom stereocenters. The van der Waals surface area contributed by atoms with Crippen molar-refractivity contribution in [3.05, 3.63) is 74.6 Å². The third-order valence-electron chi connectivity index (χ3n) is 3.39. The summed E-state index contributed by atoms with van der Waals surface area (Å²) in [5, 5.41) is 22.6. The van der Waals surface area contributed by atoms with Gasteiger partial charge in [-0.25, -0.2) is 9.78 Å². The Morgan fingerprint density at radius 3 is 2.60 bits per heavy atom. The lowest BCUT2D eigenvalue weighted by molar-refractivity contribution is -0.384. The first-order valence-electron chi connectivity index (χ1n) is 7.19. The zero-order chi connectivity index (χ0) is 17.8. The minimum Gasteiger partial charge on any atom is -0.478 e. The van der Waals surface area contributed by atoms with Gasteiger partial charge in [0, 0.05) is 28.0 Å². The van der Waals surface area contributed by atoms with Crippen molar-refractivity contribution in [2.45, 2.75) is 10.6 Å². The highest BCUT2D eigenvalue weighted by molar-refractivity contribution is 7.98. The summed E-state index contributed by atoms with van der Waals surface area (Å²) in [6.07, 6.45) is 0. The van der Waals surface area contributed by atoms with Gasteiger partial charge in [0.2, 0.25) is 0 Å². The number of carboxylic acids is 1. The molecule has 3 rings (SSSR count). The van der Waals surface area contributed by atoms with Crippen molar-refractivity contribution in [3.63, 3.8) is 0 Å². The van der Waals surface area contributed by atoms with Crippen molar-refractivity contribution in [2.75, 3.05) is 0 Å². The number of carboxylic acid groups (broad SMARTS) is 1. The van der Waals surface area contributed by atoms with E-state index in [4.69, 9.17) is 0 Å². The third-order valence-corrected chi connectivity index (χ3v) is 5.51. The minimum absolute atomic E-state index is 0.0417. The number of aromatic carboxylic acids is 1. The average Bonchev–Trinajstić information content (AvgIpc) is 3.09. The maximum atomic E-state index is 11.2. The van der Waals surface area contributed by atoms with E-state index < -0.39 is 10.9 Å². The van der Waals surface area contributed by atoms with Crippen LogP contribution in [0.3, 0.4) is 0 Å². The molecule has 0 unspecified atom stereocenters. The second-order valence-electron chi connectivity index (χ2n) is 5.02. The molecule has 1 aromatic heterocycles. The molecule has 8 heteroatoms. The highest BCUT2D eigenvalue weighted by Gasteiger charge is 2.12. The first-order valence-corrected chi connectivity index (χ1v) is 9.05. The summed E-state index contributed by atoms with van der Waals surface area (Å²) in [5.41, 5.74) is 1.88. The van der Waals surface area contributed by atoms with Crippen molar-refractivity contribution in [1.29, 1.82) is 0 Å². The molecule has 0 radical (unpaired) electrons. The normalized spacial score (nSPS) is 10.6. The fourth-order valence-corrected chi connectivity index (χ4v) is 4.04. The van der Waals surface area contributed by atoms with Gasteiger partial charge in [0.1, 0.15) is 5.01 Å². The topological polar surface area (TPSA) is 93.3 Å². The minimum atomic E-state index is -0.950. The first-order chi connectivity index (χ1) is 12.0. The van der Waals surface area contributed by atoms with Crippen LogP contribution in [0.25, 0.3) is 11.3 Å². The van der Waals surface area contributed by atoms with E-state index in [1.807, 2.05) is 5.38 Å². The maximum absolute atomic E-state index is 11.2. The molecule has 0 amide bonds. The summed E-state index contributed by atoms with van der Waals surface area (Å²) >= 11 is 2.90. The quantitative estimate of drug-likeness (QED) is 0.383. The predicted molar refractivity (Wildman–Crippen MR) is 97.2 cm³/mol. The number of non-ortho nitro benzene ring substituents is 1. The Balaban J connectivity index is 1.72. The summed E-state index contributed by atoms with van der Waals surface area (Å²) in [6.45, 7) is 0. The standard InChI is InChI=1S/C17H12N2O4S2/c20-17(21)13-3-1-2-4-15(13)24-10-16-18-14(9-25-16)11-5-7-12(8-6-11)19(22)23/h1-9H,10H2,(H,20,21). The summed E-state index contributed by atoms with van der Waals surface area (Å²) in [4.78, 5) is 26.7. The molecule has 0 saturated carbocycles. The molecular weight excluding hydrogens is 360 g/mol. The van der Waals surface area contributed by atoms with Gasteiger partial charge in [-0.15, -0.1) is 23.1 Å². The van der Waals surface area contributed by atoms with Gasteiger partial charge in [-0.2, -0.15) is 0 Å². The van der Waals surface area contributed by atoms with E-state index >= 15 is 0 Å². The Labute approximate surface area is 151 Å². The Bertz CT molecular complexity index is 922. The fourth-order valence-electron chi connectivity index (χ4n) is 2.17. The van der Waals surface area contributed by atoms with Crippen LogP contribution < -0.4 is 0 Å². The number of thiazole rings is 1. The van der Waals surface area contributed by atoms with Gasteiger partial charge in [0.05, 0.1) is 21.9 Å². The maximum Gasteiger partial charge on any atom is 0.336 e. The fraction of sp³-hybridized carbons (Fsp3) is 0.0588. The van der Waals surface area contributed by atoms with Gasteiger partial charge in [-0.05, 0) is 24.3 Å². The number of hydrogen-bond acceptors (Lipinski definition) is 6. The van der Waals surface area contributed by atoms with E-state index in [1.165, 1.54) is 35.2 Å². The molecule has 0 saturated heterocycles. The Morgan fingerprint density at radius 1 is 1.20 bits per heavy atom. The number of hydrogen-bond donors (Lipinski definition) is 1. The highest BCUT2D eigenvalue weighted by Crippen LogP contribution is 2.30. The summed E-state index contributed by atoms with van der Waals surface area (Å²) in [7, 11) is 0. The lowest BCUT2D eigenvalue weighted by Gasteiger charge is -2.03. The zero-order valence-electron chi connectivity index (χ0n) is 12.8. The number of nitro benzene ring substituents is 1. The Hall–Kier alpha value is -2.71. The number of nitrogens with zero attached hydrogens (tertiary/aromatic N) is 2. The number of nitro groups is 1. The van der Waals surface area contributed by atoms with Crippen LogP contribution in [0, 0.1) is 10.1 Å². The zero-order valence-corrected chi connectivity index (χ0v) is 14.4. The van der Waals surface area contributed by atoms with Crippen LogP contribution >= 0.6 is 23.1 Å². The Morgan fingerprint density at radius 2 is 1.92 bits per heavy atom. The molecular formula is C17H12N2O4S2. The summed E-state index contributed by atoms with van der Waals surface area (Å²) in [6, 6.07) is 13.1.